The Morgan fingerprint density at radius 2 is 1.60 bits per heavy atom. The van der Waals surface area contributed by atoms with Crippen LogP contribution in [0.15, 0.2) is 54.2 Å². The molecule has 0 aromatic heterocycles. The summed E-state index contributed by atoms with van der Waals surface area (Å²) in [5.74, 6) is -1.99. The molecule has 7 nitrogen and oxygen atoms in total. The average Bonchev–Trinajstić information content (AvgIpc) is 2.71. The van der Waals surface area contributed by atoms with Crippen LogP contribution in [0, 0.1) is 12.8 Å². The smallest absolute Gasteiger partial charge is 0.326 e. The first kappa shape index (κ1) is 22.7. The standard InChI is InChI=1S/C23H26N2O5/c1-14(2)20(23(28)29)25-22(27)19(13-16-7-11-18(30-4)12-8-16)24-21(26)17-9-5-15(3)6-10-17/h5-14,20H,1-4H3,(H,24,26)(H,25,27)(H,28,29)/b19-13-/t20-/m1/s1. The van der Waals surface area contributed by atoms with Crippen LogP contribution >= 0.6 is 0 Å². The van der Waals surface area contributed by atoms with E-state index in [9.17, 15) is 19.5 Å². The van der Waals surface area contributed by atoms with Crippen LogP contribution in [0.1, 0.15) is 35.3 Å². The molecule has 2 aromatic carbocycles. The highest BCUT2D eigenvalue weighted by molar-refractivity contribution is 6.06. The van der Waals surface area contributed by atoms with E-state index in [1.165, 1.54) is 6.08 Å². The van der Waals surface area contributed by atoms with E-state index in [4.69, 9.17) is 4.74 Å². The normalized spacial score (nSPS) is 12.2. The molecule has 158 valence electrons. The number of aliphatic carboxylic acids is 1. The Morgan fingerprint density at radius 3 is 2.10 bits per heavy atom. The Morgan fingerprint density at radius 1 is 1.00 bits per heavy atom. The molecule has 0 spiro atoms. The quantitative estimate of drug-likeness (QED) is 0.580. The van der Waals surface area contributed by atoms with Gasteiger partial charge in [0.1, 0.15) is 17.5 Å². The SMILES string of the molecule is COc1ccc(/C=C(\NC(=O)c2ccc(C)cc2)C(=O)N[C@@H](C(=O)O)C(C)C)cc1. The first-order valence-corrected chi connectivity index (χ1v) is 9.48. The number of hydrogen-bond acceptors (Lipinski definition) is 4. The van der Waals surface area contributed by atoms with Crippen molar-refractivity contribution < 1.29 is 24.2 Å². The van der Waals surface area contributed by atoms with Crippen molar-refractivity contribution in [2.24, 2.45) is 5.92 Å². The zero-order valence-corrected chi connectivity index (χ0v) is 17.4. The minimum atomic E-state index is -1.15. The van der Waals surface area contributed by atoms with Gasteiger partial charge in [0.15, 0.2) is 0 Å². The fourth-order valence-electron chi connectivity index (χ4n) is 2.66. The van der Waals surface area contributed by atoms with Crippen molar-refractivity contribution in [2.45, 2.75) is 26.8 Å². The molecule has 0 bridgehead atoms. The lowest BCUT2D eigenvalue weighted by Crippen LogP contribution is -2.47. The van der Waals surface area contributed by atoms with E-state index in [2.05, 4.69) is 10.6 Å². The maximum Gasteiger partial charge on any atom is 0.326 e. The maximum atomic E-state index is 12.8. The lowest BCUT2D eigenvalue weighted by atomic mass is 10.0. The zero-order chi connectivity index (χ0) is 22.3. The van der Waals surface area contributed by atoms with Gasteiger partial charge < -0.3 is 20.5 Å². The minimum Gasteiger partial charge on any atom is -0.497 e. The molecule has 7 heteroatoms. The molecule has 0 aliphatic heterocycles. The van der Waals surface area contributed by atoms with E-state index in [0.717, 1.165) is 5.56 Å². The fraction of sp³-hybridized carbons (Fsp3) is 0.261. The fourth-order valence-corrected chi connectivity index (χ4v) is 2.66. The number of methoxy groups -OCH3 is 1. The predicted molar refractivity (Wildman–Crippen MR) is 114 cm³/mol. The summed E-state index contributed by atoms with van der Waals surface area (Å²) < 4.78 is 5.12. The topological polar surface area (TPSA) is 105 Å². The van der Waals surface area contributed by atoms with Crippen LogP contribution in [0.5, 0.6) is 5.75 Å². The van der Waals surface area contributed by atoms with Crippen LogP contribution in [-0.4, -0.2) is 36.0 Å². The number of aryl methyl sites for hydroxylation is 1. The lowest BCUT2D eigenvalue weighted by Gasteiger charge is -2.19. The number of nitrogens with one attached hydrogen (secondary N) is 2. The van der Waals surface area contributed by atoms with E-state index in [1.54, 1.807) is 69.5 Å². The molecule has 0 heterocycles. The van der Waals surface area contributed by atoms with Crippen LogP contribution in [0.25, 0.3) is 6.08 Å². The van der Waals surface area contributed by atoms with Gasteiger partial charge in [-0.2, -0.15) is 0 Å². The third kappa shape index (κ3) is 6.20. The van der Waals surface area contributed by atoms with Crippen molar-refractivity contribution in [3.8, 4) is 5.75 Å². The first-order chi connectivity index (χ1) is 14.2. The average molecular weight is 410 g/mol. The number of rotatable bonds is 8. The van der Waals surface area contributed by atoms with Crippen LogP contribution in [0.2, 0.25) is 0 Å². The van der Waals surface area contributed by atoms with Gasteiger partial charge in [-0.3, -0.25) is 9.59 Å². The van der Waals surface area contributed by atoms with Gasteiger partial charge in [-0.1, -0.05) is 43.7 Å². The molecule has 0 saturated heterocycles. The molecule has 0 unspecified atom stereocenters. The van der Waals surface area contributed by atoms with E-state index in [1.807, 2.05) is 6.92 Å². The third-order valence-corrected chi connectivity index (χ3v) is 4.45. The molecule has 0 fully saturated rings. The van der Waals surface area contributed by atoms with Gasteiger partial charge in [-0.25, -0.2) is 4.79 Å². The third-order valence-electron chi connectivity index (χ3n) is 4.45. The van der Waals surface area contributed by atoms with Crippen LogP contribution in [0.4, 0.5) is 0 Å². The highest BCUT2D eigenvalue weighted by Crippen LogP contribution is 2.14. The molecule has 3 N–H and O–H groups in total. The molecular weight excluding hydrogens is 384 g/mol. The van der Waals surface area contributed by atoms with Crippen molar-refractivity contribution in [2.75, 3.05) is 7.11 Å². The zero-order valence-electron chi connectivity index (χ0n) is 17.4. The second kappa shape index (κ2) is 10.2. The molecule has 0 radical (unpaired) electrons. The van der Waals surface area contributed by atoms with Gasteiger partial charge in [0.25, 0.3) is 11.8 Å². The second-order valence-electron chi connectivity index (χ2n) is 7.18. The van der Waals surface area contributed by atoms with Crippen molar-refractivity contribution in [1.29, 1.82) is 0 Å². The Balaban J connectivity index is 2.33. The number of amides is 2. The minimum absolute atomic E-state index is 0.0577. The van der Waals surface area contributed by atoms with Gasteiger partial charge in [0.2, 0.25) is 0 Å². The summed E-state index contributed by atoms with van der Waals surface area (Å²) >= 11 is 0. The van der Waals surface area contributed by atoms with E-state index in [-0.39, 0.29) is 11.6 Å². The van der Waals surface area contributed by atoms with Crippen molar-refractivity contribution in [1.82, 2.24) is 10.6 Å². The number of benzene rings is 2. The molecular formula is C23H26N2O5. The molecule has 2 aromatic rings. The summed E-state index contributed by atoms with van der Waals surface area (Å²) in [5.41, 5.74) is 1.96. The molecule has 2 rings (SSSR count). The molecule has 30 heavy (non-hydrogen) atoms. The van der Waals surface area contributed by atoms with E-state index in [0.29, 0.717) is 16.9 Å². The summed E-state index contributed by atoms with van der Waals surface area (Å²) in [7, 11) is 1.55. The largest absolute Gasteiger partial charge is 0.497 e. The van der Waals surface area contributed by atoms with E-state index < -0.39 is 23.8 Å². The maximum absolute atomic E-state index is 12.8. The number of carboxylic acids is 1. The van der Waals surface area contributed by atoms with Gasteiger partial charge in [0, 0.05) is 5.56 Å². The van der Waals surface area contributed by atoms with Crippen molar-refractivity contribution in [3.05, 3.63) is 70.9 Å². The predicted octanol–water partition coefficient (Wildman–Crippen LogP) is 3.00. The Kier molecular flexibility index (Phi) is 7.75. The van der Waals surface area contributed by atoms with Crippen molar-refractivity contribution in [3.63, 3.8) is 0 Å². The van der Waals surface area contributed by atoms with Crippen LogP contribution < -0.4 is 15.4 Å². The molecule has 0 aliphatic rings. The first-order valence-electron chi connectivity index (χ1n) is 9.48. The molecule has 0 saturated carbocycles. The highest BCUT2D eigenvalue weighted by Gasteiger charge is 2.25. The number of carbonyl (C=O) groups excluding carboxylic acids is 2. The van der Waals surface area contributed by atoms with Crippen LogP contribution in [-0.2, 0) is 9.59 Å². The monoisotopic (exact) mass is 410 g/mol. The number of carbonyl (C=O) groups is 3. The van der Waals surface area contributed by atoms with Gasteiger partial charge >= 0.3 is 5.97 Å². The summed E-state index contributed by atoms with van der Waals surface area (Å²) in [6.45, 7) is 5.29. The summed E-state index contributed by atoms with van der Waals surface area (Å²) in [6.07, 6.45) is 1.49. The second-order valence-corrected chi connectivity index (χ2v) is 7.18. The number of ether oxygens (including phenoxy) is 1. The van der Waals surface area contributed by atoms with Gasteiger partial charge in [-0.15, -0.1) is 0 Å². The lowest BCUT2D eigenvalue weighted by molar-refractivity contribution is -0.142. The van der Waals surface area contributed by atoms with Gasteiger partial charge in [-0.05, 0) is 48.7 Å². The Bertz CT molecular complexity index is 931. The molecule has 1 atom stereocenters. The molecule has 2 amide bonds. The van der Waals surface area contributed by atoms with Crippen molar-refractivity contribution >= 4 is 23.9 Å². The van der Waals surface area contributed by atoms with Crippen LogP contribution in [0.3, 0.4) is 0 Å². The summed E-state index contributed by atoms with van der Waals surface area (Å²) in [5, 5.41) is 14.4. The molecule has 0 aliphatic carbocycles. The van der Waals surface area contributed by atoms with E-state index >= 15 is 0 Å². The number of carboxylic acid groups (broad SMARTS) is 1. The summed E-state index contributed by atoms with van der Waals surface area (Å²) in [4.78, 5) is 36.9. The summed E-state index contributed by atoms with van der Waals surface area (Å²) in [6, 6.07) is 12.7. The Hall–Kier alpha value is -3.61. The Labute approximate surface area is 175 Å². The van der Waals surface area contributed by atoms with Gasteiger partial charge in [0.05, 0.1) is 7.11 Å². The number of hydrogen-bond donors (Lipinski definition) is 3. The highest BCUT2D eigenvalue weighted by atomic mass is 16.5.